The minimum Gasteiger partial charge on any atom is -0.483 e. The molecule has 0 aliphatic rings. The summed E-state index contributed by atoms with van der Waals surface area (Å²) in [7, 11) is 1.79. The summed E-state index contributed by atoms with van der Waals surface area (Å²) in [6.45, 7) is 11.7. The van der Waals surface area contributed by atoms with Crippen molar-refractivity contribution in [3.8, 4) is 5.75 Å². The Labute approximate surface area is 134 Å². The summed E-state index contributed by atoms with van der Waals surface area (Å²) >= 11 is 0. The third-order valence-electron chi connectivity index (χ3n) is 3.69. The molecule has 2 N–H and O–H groups in total. The highest BCUT2D eigenvalue weighted by Crippen LogP contribution is 2.30. The molecule has 1 aromatic rings. The number of hydrogen-bond donors (Lipinski definition) is 1. The molecule has 0 saturated carbocycles. The van der Waals surface area contributed by atoms with Gasteiger partial charge in [0.1, 0.15) is 5.75 Å². The van der Waals surface area contributed by atoms with Crippen LogP contribution in [0.4, 0.5) is 0 Å². The molecule has 1 rings (SSSR count). The van der Waals surface area contributed by atoms with Crippen LogP contribution in [0.5, 0.6) is 5.75 Å². The van der Waals surface area contributed by atoms with Crippen LogP contribution in [-0.4, -0.2) is 37.6 Å². The van der Waals surface area contributed by atoms with E-state index in [9.17, 15) is 4.79 Å². The van der Waals surface area contributed by atoms with Crippen LogP contribution in [0.1, 0.15) is 40.2 Å². The number of nitrogens with two attached hydrogens (primary N) is 1. The van der Waals surface area contributed by atoms with E-state index in [1.807, 2.05) is 38.1 Å². The van der Waals surface area contributed by atoms with E-state index in [4.69, 9.17) is 10.5 Å². The van der Waals surface area contributed by atoms with Crippen LogP contribution in [0.2, 0.25) is 0 Å². The number of nitrogens with zero attached hydrogens (tertiary/aromatic N) is 1. The first kappa shape index (κ1) is 18.5. The number of amides is 1. The highest BCUT2D eigenvalue weighted by atomic mass is 16.5. The van der Waals surface area contributed by atoms with E-state index in [1.165, 1.54) is 0 Å². The molecule has 0 fully saturated rings. The van der Waals surface area contributed by atoms with E-state index in [0.717, 1.165) is 11.3 Å². The molecule has 0 saturated heterocycles. The molecule has 0 aliphatic heterocycles. The minimum absolute atomic E-state index is 0.0208. The first-order valence-corrected chi connectivity index (χ1v) is 7.73. The molecule has 4 heteroatoms. The Morgan fingerprint density at radius 1 is 1.18 bits per heavy atom. The van der Waals surface area contributed by atoms with Crippen LogP contribution in [0, 0.1) is 5.41 Å². The molecule has 124 valence electrons. The van der Waals surface area contributed by atoms with Gasteiger partial charge in [-0.05, 0) is 29.0 Å². The number of carbonyl (C=O) groups is 1. The van der Waals surface area contributed by atoms with Crippen LogP contribution in [0.3, 0.4) is 0 Å². The van der Waals surface area contributed by atoms with Crippen molar-refractivity contribution in [2.75, 3.05) is 26.7 Å². The van der Waals surface area contributed by atoms with Gasteiger partial charge in [-0.1, -0.05) is 52.8 Å². The molecule has 0 radical (unpaired) electrons. The SMILES string of the molecule is CN(CC(C)(C)CN)C(=O)COc1ccccc1C(C)(C)C. The monoisotopic (exact) mass is 306 g/mol. The van der Waals surface area contributed by atoms with Crippen molar-refractivity contribution in [3.05, 3.63) is 29.8 Å². The Morgan fingerprint density at radius 3 is 2.32 bits per heavy atom. The molecular weight excluding hydrogens is 276 g/mol. The third kappa shape index (κ3) is 5.34. The van der Waals surface area contributed by atoms with Gasteiger partial charge in [-0.15, -0.1) is 0 Å². The average molecular weight is 306 g/mol. The summed E-state index contributed by atoms with van der Waals surface area (Å²) in [5, 5.41) is 0. The van der Waals surface area contributed by atoms with Crippen molar-refractivity contribution in [3.63, 3.8) is 0 Å². The molecule has 1 aromatic carbocycles. The Morgan fingerprint density at radius 2 is 1.77 bits per heavy atom. The average Bonchev–Trinajstić information content (AvgIpc) is 2.43. The first-order chi connectivity index (χ1) is 10.1. The van der Waals surface area contributed by atoms with Crippen molar-refractivity contribution < 1.29 is 9.53 Å². The Balaban J connectivity index is 2.69. The molecule has 0 aromatic heterocycles. The zero-order valence-corrected chi connectivity index (χ0v) is 14.8. The molecule has 0 unspecified atom stereocenters. The summed E-state index contributed by atoms with van der Waals surface area (Å²) < 4.78 is 5.77. The van der Waals surface area contributed by atoms with Crippen molar-refractivity contribution >= 4 is 5.91 Å². The second-order valence-electron chi connectivity index (χ2n) is 7.65. The van der Waals surface area contributed by atoms with Gasteiger partial charge in [-0.2, -0.15) is 0 Å². The predicted octanol–water partition coefficient (Wildman–Crippen LogP) is 2.81. The summed E-state index contributed by atoms with van der Waals surface area (Å²) in [4.78, 5) is 13.9. The number of benzene rings is 1. The Kier molecular flexibility index (Phi) is 6.00. The zero-order chi connectivity index (χ0) is 17.0. The van der Waals surface area contributed by atoms with Crippen LogP contribution in [0.25, 0.3) is 0 Å². The highest BCUT2D eigenvalue weighted by molar-refractivity contribution is 5.77. The largest absolute Gasteiger partial charge is 0.483 e. The molecule has 0 aliphatic carbocycles. The molecule has 22 heavy (non-hydrogen) atoms. The summed E-state index contributed by atoms with van der Waals surface area (Å²) in [6, 6.07) is 7.88. The normalized spacial score (nSPS) is 12.1. The van der Waals surface area contributed by atoms with E-state index >= 15 is 0 Å². The van der Waals surface area contributed by atoms with E-state index < -0.39 is 0 Å². The lowest BCUT2D eigenvalue weighted by molar-refractivity contribution is -0.133. The van der Waals surface area contributed by atoms with E-state index in [0.29, 0.717) is 13.1 Å². The van der Waals surface area contributed by atoms with Crippen molar-refractivity contribution in [2.24, 2.45) is 11.1 Å². The number of rotatable bonds is 6. The number of para-hydroxylation sites is 1. The van der Waals surface area contributed by atoms with Gasteiger partial charge in [0.05, 0.1) is 0 Å². The van der Waals surface area contributed by atoms with Gasteiger partial charge < -0.3 is 15.4 Å². The quantitative estimate of drug-likeness (QED) is 0.879. The van der Waals surface area contributed by atoms with Gasteiger partial charge in [0.15, 0.2) is 6.61 Å². The summed E-state index contributed by atoms with van der Waals surface area (Å²) in [5.74, 6) is 0.736. The lowest BCUT2D eigenvalue weighted by Gasteiger charge is -2.29. The molecule has 0 atom stereocenters. The van der Waals surface area contributed by atoms with Crippen molar-refractivity contribution in [1.29, 1.82) is 0 Å². The fourth-order valence-corrected chi connectivity index (χ4v) is 2.26. The first-order valence-electron chi connectivity index (χ1n) is 7.73. The predicted molar refractivity (Wildman–Crippen MR) is 91.1 cm³/mol. The third-order valence-corrected chi connectivity index (χ3v) is 3.69. The standard InChI is InChI=1S/C18H30N2O2/c1-17(2,3)14-9-7-8-10-15(14)22-11-16(21)20(6)13-18(4,5)12-19/h7-10H,11-13,19H2,1-6H3. The summed E-state index contributed by atoms with van der Waals surface area (Å²) in [5.41, 5.74) is 6.71. The maximum Gasteiger partial charge on any atom is 0.260 e. The van der Waals surface area contributed by atoms with E-state index in [1.54, 1.807) is 11.9 Å². The lowest BCUT2D eigenvalue weighted by Crippen LogP contribution is -2.41. The maximum absolute atomic E-state index is 12.2. The van der Waals surface area contributed by atoms with Crippen molar-refractivity contribution in [1.82, 2.24) is 4.90 Å². The summed E-state index contributed by atoms with van der Waals surface area (Å²) in [6.07, 6.45) is 0. The smallest absolute Gasteiger partial charge is 0.260 e. The van der Waals surface area contributed by atoms with Gasteiger partial charge in [0.2, 0.25) is 0 Å². The van der Waals surface area contributed by atoms with E-state index in [2.05, 4.69) is 20.8 Å². The maximum atomic E-state index is 12.2. The second kappa shape index (κ2) is 7.14. The number of hydrogen-bond acceptors (Lipinski definition) is 3. The fourth-order valence-electron chi connectivity index (χ4n) is 2.26. The topological polar surface area (TPSA) is 55.6 Å². The molecule has 4 nitrogen and oxygen atoms in total. The molecular formula is C18H30N2O2. The number of likely N-dealkylation sites (N-methyl/N-ethyl adjacent to an activating group) is 1. The van der Waals surface area contributed by atoms with E-state index in [-0.39, 0.29) is 23.3 Å². The zero-order valence-electron chi connectivity index (χ0n) is 14.8. The fraction of sp³-hybridized carbons (Fsp3) is 0.611. The molecule has 0 spiro atoms. The minimum atomic E-state index is -0.0896. The molecule has 1 amide bonds. The van der Waals surface area contributed by atoms with Crippen molar-refractivity contribution in [2.45, 2.75) is 40.0 Å². The number of carbonyl (C=O) groups excluding carboxylic acids is 1. The van der Waals surface area contributed by atoms with Crippen LogP contribution >= 0.6 is 0 Å². The van der Waals surface area contributed by atoms with Crippen LogP contribution < -0.4 is 10.5 Å². The Hall–Kier alpha value is -1.55. The lowest BCUT2D eigenvalue weighted by atomic mass is 9.86. The van der Waals surface area contributed by atoms with Gasteiger partial charge in [0.25, 0.3) is 5.91 Å². The van der Waals surface area contributed by atoms with Gasteiger partial charge in [-0.3, -0.25) is 4.79 Å². The van der Waals surface area contributed by atoms with Crippen LogP contribution in [-0.2, 0) is 10.2 Å². The molecule has 0 bridgehead atoms. The van der Waals surface area contributed by atoms with Gasteiger partial charge in [-0.25, -0.2) is 0 Å². The van der Waals surface area contributed by atoms with Crippen LogP contribution in [0.15, 0.2) is 24.3 Å². The Bertz CT molecular complexity index is 504. The van der Waals surface area contributed by atoms with Gasteiger partial charge >= 0.3 is 0 Å². The highest BCUT2D eigenvalue weighted by Gasteiger charge is 2.22. The number of ether oxygens (including phenoxy) is 1. The van der Waals surface area contributed by atoms with Gasteiger partial charge in [0, 0.05) is 13.6 Å². The second-order valence-corrected chi connectivity index (χ2v) is 7.65. The molecule has 0 heterocycles.